The predicted octanol–water partition coefficient (Wildman–Crippen LogP) is 0.544. The molecule has 0 radical (unpaired) electrons. The number of nitrogens with one attached hydrogen (secondary N) is 2. The van der Waals surface area contributed by atoms with Crippen molar-refractivity contribution in [1.82, 2.24) is 20.1 Å². The van der Waals surface area contributed by atoms with Crippen LogP contribution < -0.4 is 10.6 Å². The van der Waals surface area contributed by atoms with Gasteiger partial charge in [0.1, 0.15) is 12.0 Å². The van der Waals surface area contributed by atoms with Crippen LogP contribution in [0.5, 0.6) is 0 Å². The highest BCUT2D eigenvalue weighted by atomic mass is 32.2. The molecular formula is C14H25N5O3S. The Balaban J connectivity index is 1.78. The van der Waals surface area contributed by atoms with Gasteiger partial charge in [-0.05, 0) is 19.3 Å². The topological polar surface area (TPSA) is 99.8 Å². The summed E-state index contributed by atoms with van der Waals surface area (Å²) in [7, 11) is -1.38. The molecule has 0 spiro atoms. The van der Waals surface area contributed by atoms with E-state index >= 15 is 0 Å². The van der Waals surface area contributed by atoms with E-state index in [0.29, 0.717) is 32.0 Å². The Bertz CT molecular complexity index is 592. The molecule has 23 heavy (non-hydrogen) atoms. The highest BCUT2D eigenvalue weighted by Crippen LogP contribution is 2.15. The molecule has 1 aromatic heterocycles. The molecule has 2 rings (SSSR count). The third-order valence-electron chi connectivity index (χ3n) is 3.80. The summed E-state index contributed by atoms with van der Waals surface area (Å²) in [5.41, 5.74) is 0.799. The van der Waals surface area contributed by atoms with Gasteiger partial charge in [-0.15, -0.1) is 0 Å². The monoisotopic (exact) mass is 343 g/mol. The van der Waals surface area contributed by atoms with E-state index in [2.05, 4.69) is 20.8 Å². The van der Waals surface area contributed by atoms with Crippen molar-refractivity contribution in [2.45, 2.75) is 38.8 Å². The second-order valence-electron chi connectivity index (χ2n) is 5.55. The van der Waals surface area contributed by atoms with Gasteiger partial charge < -0.3 is 15.2 Å². The molecule has 0 unspecified atom stereocenters. The summed E-state index contributed by atoms with van der Waals surface area (Å²) in [5.74, 6) is 0.911. The van der Waals surface area contributed by atoms with Crippen LogP contribution in [0.4, 0.5) is 0 Å². The smallest absolute Gasteiger partial charge is 0.214 e. The van der Waals surface area contributed by atoms with Crippen molar-refractivity contribution in [3.8, 4) is 0 Å². The van der Waals surface area contributed by atoms with Gasteiger partial charge >= 0.3 is 0 Å². The van der Waals surface area contributed by atoms with E-state index in [1.165, 1.54) is 6.26 Å². The fourth-order valence-corrected chi connectivity index (χ4v) is 4.10. The van der Waals surface area contributed by atoms with Gasteiger partial charge in [0.25, 0.3) is 0 Å². The molecule has 0 aliphatic carbocycles. The first-order valence-corrected chi connectivity index (χ1v) is 9.50. The van der Waals surface area contributed by atoms with E-state index in [-0.39, 0.29) is 11.8 Å². The maximum Gasteiger partial charge on any atom is 0.214 e. The van der Waals surface area contributed by atoms with Crippen LogP contribution in [0.15, 0.2) is 21.8 Å². The Labute approximate surface area is 137 Å². The summed E-state index contributed by atoms with van der Waals surface area (Å²) in [4.78, 5) is 4.18. The molecule has 0 amide bonds. The van der Waals surface area contributed by atoms with Gasteiger partial charge in [-0.1, -0.05) is 12.1 Å². The fraction of sp³-hybridized carbons (Fsp3) is 0.714. The first kappa shape index (κ1) is 17.7. The number of piperidine rings is 1. The molecule has 0 saturated carbocycles. The molecule has 1 fully saturated rings. The average Bonchev–Trinajstić information content (AvgIpc) is 3.05. The molecule has 1 saturated heterocycles. The molecule has 0 bridgehead atoms. The third kappa shape index (κ3) is 5.21. The summed E-state index contributed by atoms with van der Waals surface area (Å²) in [5, 5.41) is 10.3. The lowest BCUT2D eigenvalue weighted by Crippen LogP contribution is -2.49. The molecule has 130 valence electrons. The van der Waals surface area contributed by atoms with Gasteiger partial charge in [-0.2, -0.15) is 0 Å². The van der Waals surface area contributed by atoms with Crippen molar-refractivity contribution in [2.75, 3.05) is 25.9 Å². The van der Waals surface area contributed by atoms with Crippen LogP contribution in [0, 0.1) is 0 Å². The SMILES string of the molecule is CCCS(=O)(=O)N1CCC(NC(=NC)NCc2ccon2)CC1. The second kappa shape index (κ2) is 8.30. The zero-order chi connectivity index (χ0) is 16.7. The van der Waals surface area contributed by atoms with E-state index in [0.717, 1.165) is 18.5 Å². The highest BCUT2D eigenvalue weighted by Gasteiger charge is 2.27. The minimum Gasteiger partial charge on any atom is -0.364 e. The van der Waals surface area contributed by atoms with Crippen LogP contribution in [0.25, 0.3) is 0 Å². The van der Waals surface area contributed by atoms with Crippen molar-refractivity contribution in [2.24, 2.45) is 4.99 Å². The Morgan fingerprint density at radius 1 is 1.48 bits per heavy atom. The fourth-order valence-electron chi connectivity index (χ4n) is 2.56. The van der Waals surface area contributed by atoms with Gasteiger partial charge in [-0.3, -0.25) is 4.99 Å². The first-order valence-electron chi connectivity index (χ1n) is 7.89. The Morgan fingerprint density at radius 2 is 2.22 bits per heavy atom. The Kier molecular flexibility index (Phi) is 6.40. The third-order valence-corrected chi connectivity index (χ3v) is 5.88. The zero-order valence-corrected chi connectivity index (χ0v) is 14.5. The minimum atomic E-state index is -3.09. The van der Waals surface area contributed by atoms with Crippen molar-refractivity contribution >= 4 is 16.0 Å². The van der Waals surface area contributed by atoms with E-state index in [9.17, 15) is 8.42 Å². The molecule has 1 aliphatic heterocycles. The molecular weight excluding hydrogens is 318 g/mol. The molecule has 1 aliphatic rings. The summed E-state index contributed by atoms with van der Waals surface area (Å²) in [6.45, 7) is 3.52. The van der Waals surface area contributed by atoms with Crippen LogP contribution in [-0.2, 0) is 16.6 Å². The Morgan fingerprint density at radius 3 is 2.78 bits per heavy atom. The summed E-state index contributed by atoms with van der Waals surface area (Å²) >= 11 is 0. The molecule has 2 heterocycles. The summed E-state index contributed by atoms with van der Waals surface area (Å²) in [6.07, 6.45) is 3.72. The maximum atomic E-state index is 12.1. The van der Waals surface area contributed by atoms with Crippen LogP contribution in [0.2, 0.25) is 0 Å². The van der Waals surface area contributed by atoms with E-state index < -0.39 is 10.0 Å². The number of guanidine groups is 1. The van der Waals surface area contributed by atoms with E-state index in [1.807, 2.05) is 6.92 Å². The van der Waals surface area contributed by atoms with Crippen LogP contribution in [0.1, 0.15) is 31.9 Å². The number of aromatic nitrogens is 1. The minimum absolute atomic E-state index is 0.214. The van der Waals surface area contributed by atoms with Crippen molar-refractivity contribution in [1.29, 1.82) is 0 Å². The first-order chi connectivity index (χ1) is 11.0. The summed E-state index contributed by atoms with van der Waals surface area (Å²) in [6, 6.07) is 2.00. The summed E-state index contributed by atoms with van der Waals surface area (Å²) < 4.78 is 30.5. The van der Waals surface area contributed by atoms with Gasteiger partial charge in [-0.25, -0.2) is 12.7 Å². The van der Waals surface area contributed by atoms with E-state index in [1.54, 1.807) is 17.4 Å². The predicted molar refractivity (Wildman–Crippen MR) is 88.5 cm³/mol. The normalized spacial score (nSPS) is 18.1. The standard InChI is InChI=1S/C14H25N5O3S/c1-3-10-23(20,21)19-7-4-12(5-8-19)17-14(15-2)16-11-13-6-9-22-18-13/h6,9,12H,3-5,7-8,10-11H2,1-2H3,(H2,15,16,17). The molecule has 2 N–H and O–H groups in total. The lowest BCUT2D eigenvalue weighted by atomic mass is 10.1. The van der Waals surface area contributed by atoms with Gasteiger partial charge in [0.2, 0.25) is 10.0 Å². The maximum absolute atomic E-state index is 12.1. The highest BCUT2D eigenvalue weighted by molar-refractivity contribution is 7.89. The number of sulfonamides is 1. The number of aliphatic imine (C=N–C) groups is 1. The molecule has 1 aromatic rings. The number of rotatable bonds is 6. The van der Waals surface area contributed by atoms with Gasteiger partial charge in [0.15, 0.2) is 5.96 Å². The van der Waals surface area contributed by atoms with Gasteiger partial charge in [0.05, 0.1) is 12.3 Å². The molecule has 9 heteroatoms. The van der Waals surface area contributed by atoms with Crippen LogP contribution in [-0.4, -0.2) is 55.8 Å². The Hall–Kier alpha value is -1.61. The van der Waals surface area contributed by atoms with Gasteiger partial charge in [0, 0.05) is 32.2 Å². The van der Waals surface area contributed by atoms with Crippen LogP contribution >= 0.6 is 0 Å². The number of hydrogen-bond donors (Lipinski definition) is 2. The van der Waals surface area contributed by atoms with Crippen LogP contribution in [0.3, 0.4) is 0 Å². The van der Waals surface area contributed by atoms with Crippen molar-refractivity contribution in [3.05, 3.63) is 18.0 Å². The largest absolute Gasteiger partial charge is 0.364 e. The number of hydrogen-bond acceptors (Lipinski definition) is 5. The van der Waals surface area contributed by atoms with E-state index in [4.69, 9.17) is 4.52 Å². The zero-order valence-electron chi connectivity index (χ0n) is 13.7. The molecule has 0 atom stereocenters. The molecule has 0 aromatic carbocycles. The number of nitrogens with zero attached hydrogens (tertiary/aromatic N) is 3. The second-order valence-corrected chi connectivity index (χ2v) is 7.64. The van der Waals surface area contributed by atoms with Crippen molar-refractivity contribution in [3.63, 3.8) is 0 Å². The lowest BCUT2D eigenvalue weighted by Gasteiger charge is -2.32. The quantitative estimate of drug-likeness (QED) is 0.578. The average molecular weight is 343 g/mol. The van der Waals surface area contributed by atoms with Crippen molar-refractivity contribution < 1.29 is 12.9 Å². The molecule has 8 nitrogen and oxygen atoms in total. The lowest BCUT2D eigenvalue weighted by molar-refractivity contribution is 0.306.